The zero-order valence-corrected chi connectivity index (χ0v) is 13.3. The summed E-state index contributed by atoms with van der Waals surface area (Å²) in [4.78, 5) is 24.3. The Hall–Kier alpha value is -3.27. The number of ether oxygens (including phenoxy) is 1. The Labute approximate surface area is 144 Å². The van der Waals surface area contributed by atoms with E-state index in [0.29, 0.717) is 22.4 Å². The molecule has 3 rings (SSSR count). The van der Waals surface area contributed by atoms with Gasteiger partial charge in [0.05, 0.1) is 0 Å². The van der Waals surface area contributed by atoms with Crippen LogP contribution in [-0.4, -0.2) is 18.2 Å². The minimum Gasteiger partial charge on any atom is -0.485 e. The van der Waals surface area contributed by atoms with Crippen LogP contribution in [0, 0.1) is 5.82 Å². The van der Waals surface area contributed by atoms with Gasteiger partial charge in [-0.2, -0.15) is 0 Å². The van der Waals surface area contributed by atoms with Crippen LogP contribution in [0.25, 0.3) is 0 Å². The highest BCUT2D eigenvalue weighted by atomic mass is 19.1. The molecule has 0 heterocycles. The lowest BCUT2D eigenvalue weighted by Gasteiger charge is -2.07. The summed E-state index contributed by atoms with van der Waals surface area (Å²) in [6, 6.07) is 20.9. The van der Waals surface area contributed by atoms with Crippen LogP contribution in [-0.2, 0) is 0 Å². The molecule has 3 aromatic rings. The van der Waals surface area contributed by atoms with Crippen molar-refractivity contribution in [2.75, 3.05) is 6.61 Å². The fourth-order valence-corrected chi connectivity index (χ4v) is 2.33. The predicted octanol–water partition coefficient (Wildman–Crippen LogP) is 4.32. The van der Waals surface area contributed by atoms with Gasteiger partial charge in [-0.15, -0.1) is 0 Å². The second kappa shape index (κ2) is 7.53. The van der Waals surface area contributed by atoms with E-state index in [4.69, 9.17) is 4.74 Å². The van der Waals surface area contributed by atoms with Crippen molar-refractivity contribution in [1.29, 1.82) is 0 Å². The molecule has 0 fully saturated rings. The zero-order valence-electron chi connectivity index (χ0n) is 13.3. The summed E-state index contributed by atoms with van der Waals surface area (Å²) in [5.41, 5.74) is 1.54. The number of carbonyl (C=O) groups excluding carboxylic acids is 2. The van der Waals surface area contributed by atoms with Crippen LogP contribution in [0.2, 0.25) is 0 Å². The van der Waals surface area contributed by atoms with Gasteiger partial charge in [0.25, 0.3) is 0 Å². The second-order valence-electron chi connectivity index (χ2n) is 5.44. The van der Waals surface area contributed by atoms with Crippen LogP contribution in [0.15, 0.2) is 78.9 Å². The van der Waals surface area contributed by atoms with E-state index < -0.39 is 5.82 Å². The van der Waals surface area contributed by atoms with Gasteiger partial charge in [0.2, 0.25) is 0 Å². The zero-order chi connectivity index (χ0) is 17.6. The molecule has 4 heteroatoms. The molecule has 0 bridgehead atoms. The number of Topliss-reactive ketones (excluding diaryl/α,β-unsaturated/α-hetero) is 1. The summed E-state index contributed by atoms with van der Waals surface area (Å²) in [7, 11) is 0. The van der Waals surface area contributed by atoms with Crippen LogP contribution in [0.3, 0.4) is 0 Å². The van der Waals surface area contributed by atoms with Gasteiger partial charge in [-0.1, -0.05) is 30.3 Å². The quantitative estimate of drug-likeness (QED) is 0.631. The number of hydrogen-bond acceptors (Lipinski definition) is 3. The lowest BCUT2D eigenvalue weighted by molar-refractivity contribution is 0.0920. The van der Waals surface area contributed by atoms with Crippen LogP contribution in [0.4, 0.5) is 4.39 Å². The molecule has 0 atom stereocenters. The van der Waals surface area contributed by atoms with Crippen molar-refractivity contribution in [3.63, 3.8) is 0 Å². The normalized spacial score (nSPS) is 10.3. The Morgan fingerprint density at radius 2 is 1.28 bits per heavy atom. The van der Waals surface area contributed by atoms with Gasteiger partial charge in [-0.25, -0.2) is 4.39 Å². The summed E-state index contributed by atoms with van der Waals surface area (Å²) in [6.45, 7) is -0.155. The first kappa shape index (κ1) is 16.6. The fourth-order valence-electron chi connectivity index (χ4n) is 2.33. The minimum atomic E-state index is -0.392. The van der Waals surface area contributed by atoms with Gasteiger partial charge in [0.15, 0.2) is 18.2 Å². The lowest BCUT2D eigenvalue weighted by atomic mass is 10.0. The Balaban J connectivity index is 1.62. The molecule has 0 N–H and O–H groups in total. The Morgan fingerprint density at radius 3 is 1.92 bits per heavy atom. The van der Waals surface area contributed by atoms with Gasteiger partial charge < -0.3 is 4.74 Å². The minimum absolute atomic E-state index is 0.0745. The number of halogens is 1. The molecular weight excluding hydrogens is 319 g/mol. The molecule has 0 saturated carbocycles. The third-order valence-corrected chi connectivity index (χ3v) is 3.69. The van der Waals surface area contributed by atoms with E-state index in [9.17, 15) is 14.0 Å². The number of carbonyl (C=O) groups is 2. The van der Waals surface area contributed by atoms with E-state index in [1.165, 1.54) is 24.3 Å². The van der Waals surface area contributed by atoms with Crippen LogP contribution in [0.5, 0.6) is 5.75 Å². The Kier molecular flexibility index (Phi) is 5.00. The standard InChI is InChI=1S/C21H15FO3/c22-18-10-6-15(7-11-18)20(23)14-25-19-12-8-17(9-13-19)21(24)16-4-2-1-3-5-16/h1-13H,14H2. The molecule has 0 radical (unpaired) electrons. The van der Waals surface area contributed by atoms with Crippen LogP contribution < -0.4 is 4.74 Å². The topological polar surface area (TPSA) is 43.4 Å². The van der Waals surface area contributed by atoms with Crippen molar-refractivity contribution >= 4 is 11.6 Å². The molecule has 0 aliphatic carbocycles. The van der Waals surface area contributed by atoms with E-state index in [-0.39, 0.29) is 18.2 Å². The molecule has 0 aliphatic rings. The molecule has 3 aromatic carbocycles. The van der Waals surface area contributed by atoms with Gasteiger partial charge in [-0.05, 0) is 48.5 Å². The number of hydrogen-bond donors (Lipinski definition) is 0. The number of ketones is 2. The third-order valence-electron chi connectivity index (χ3n) is 3.69. The van der Waals surface area contributed by atoms with Crippen molar-refractivity contribution in [2.45, 2.75) is 0 Å². The maximum atomic E-state index is 12.9. The first-order valence-electron chi connectivity index (χ1n) is 7.75. The predicted molar refractivity (Wildman–Crippen MR) is 92.5 cm³/mol. The average molecular weight is 334 g/mol. The number of rotatable bonds is 6. The monoisotopic (exact) mass is 334 g/mol. The fraction of sp³-hybridized carbons (Fsp3) is 0.0476. The van der Waals surface area contributed by atoms with Crippen LogP contribution in [0.1, 0.15) is 26.3 Å². The summed E-state index contributed by atoms with van der Waals surface area (Å²) in [6.07, 6.45) is 0. The largest absolute Gasteiger partial charge is 0.485 e. The van der Waals surface area contributed by atoms with E-state index in [0.717, 1.165) is 0 Å². The lowest BCUT2D eigenvalue weighted by Crippen LogP contribution is -2.11. The molecule has 25 heavy (non-hydrogen) atoms. The maximum Gasteiger partial charge on any atom is 0.200 e. The third kappa shape index (κ3) is 4.18. The van der Waals surface area contributed by atoms with Gasteiger partial charge in [0, 0.05) is 16.7 Å². The second-order valence-corrected chi connectivity index (χ2v) is 5.44. The van der Waals surface area contributed by atoms with Crippen molar-refractivity contribution in [3.8, 4) is 5.75 Å². The summed E-state index contributed by atoms with van der Waals surface area (Å²) in [5, 5.41) is 0. The molecule has 0 amide bonds. The Morgan fingerprint density at radius 1 is 0.720 bits per heavy atom. The van der Waals surface area contributed by atoms with Crippen LogP contribution >= 0.6 is 0 Å². The highest BCUT2D eigenvalue weighted by molar-refractivity contribution is 6.09. The molecule has 0 saturated heterocycles. The molecule has 0 unspecified atom stereocenters. The van der Waals surface area contributed by atoms with E-state index in [2.05, 4.69) is 0 Å². The maximum absolute atomic E-state index is 12.9. The summed E-state index contributed by atoms with van der Waals surface area (Å²) < 4.78 is 18.3. The van der Waals surface area contributed by atoms with Gasteiger partial charge in [-0.3, -0.25) is 9.59 Å². The highest BCUT2D eigenvalue weighted by Gasteiger charge is 2.10. The van der Waals surface area contributed by atoms with Gasteiger partial charge in [0.1, 0.15) is 11.6 Å². The average Bonchev–Trinajstić information content (AvgIpc) is 2.67. The van der Waals surface area contributed by atoms with Crippen molar-refractivity contribution in [1.82, 2.24) is 0 Å². The SMILES string of the molecule is O=C(COc1ccc(C(=O)c2ccccc2)cc1)c1ccc(F)cc1. The summed E-state index contributed by atoms with van der Waals surface area (Å²) in [5.74, 6) is -0.227. The van der Waals surface area contributed by atoms with Gasteiger partial charge >= 0.3 is 0 Å². The van der Waals surface area contributed by atoms with E-state index in [1.54, 1.807) is 36.4 Å². The highest BCUT2D eigenvalue weighted by Crippen LogP contribution is 2.16. The van der Waals surface area contributed by atoms with Crippen molar-refractivity contribution in [2.24, 2.45) is 0 Å². The summed E-state index contributed by atoms with van der Waals surface area (Å²) >= 11 is 0. The van der Waals surface area contributed by atoms with Crippen molar-refractivity contribution < 1.29 is 18.7 Å². The molecule has 0 aromatic heterocycles. The molecule has 3 nitrogen and oxygen atoms in total. The van der Waals surface area contributed by atoms with Crippen molar-refractivity contribution in [3.05, 3.63) is 101 Å². The first-order valence-corrected chi connectivity index (χ1v) is 7.75. The smallest absolute Gasteiger partial charge is 0.200 e. The van der Waals surface area contributed by atoms with E-state index >= 15 is 0 Å². The Bertz CT molecular complexity index is 869. The first-order chi connectivity index (χ1) is 12.1. The molecular formula is C21H15FO3. The molecule has 124 valence electrons. The molecule has 0 aliphatic heterocycles. The van der Waals surface area contributed by atoms with E-state index in [1.807, 2.05) is 18.2 Å². The molecule has 0 spiro atoms. The number of benzene rings is 3.